The van der Waals surface area contributed by atoms with Gasteiger partial charge in [-0.2, -0.15) is 0 Å². The molecule has 10 atom stereocenters. The normalized spacial score (nSPS) is 68.5. The fraction of sp³-hybridized carbons (Fsp3) is 1.00. The summed E-state index contributed by atoms with van der Waals surface area (Å²) in [4.78, 5) is 5.50. The van der Waals surface area contributed by atoms with Crippen molar-refractivity contribution < 1.29 is 14.2 Å². The first-order valence-electron chi connectivity index (χ1n) is 10.2. The molecule has 24 heavy (non-hydrogen) atoms. The molecule has 5 aliphatic carbocycles. The van der Waals surface area contributed by atoms with Crippen LogP contribution in [0.1, 0.15) is 6.42 Å². The van der Waals surface area contributed by atoms with Crippen LogP contribution in [0.5, 0.6) is 0 Å². The van der Waals surface area contributed by atoms with Gasteiger partial charge in [0, 0.05) is 49.9 Å². The first-order chi connectivity index (χ1) is 11.9. The van der Waals surface area contributed by atoms with Crippen molar-refractivity contribution in [3.8, 4) is 0 Å². The molecular formula is C19H26N2O3. The first-order valence-corrected chi connectivity index (χ1v) is 10.2. The third kappa shape index (κ3) is 0.986. The van der Waals surface area contributed by atoms with Crippen molar-refractivity contribution in [2.24, 2.45) is 47.3 Å². The molecule has 0 spiro atoms. The third-order valence-electron chi connectivity index (χ3n) is 9.75. The highest BCUT2D eigenvalue weighted by atomic mass is 16.6. The second-order valence-electron chi connectivity index (χ2n) is 9.63. The minimum atomic E-state index is 0.0918. The van der Waals surface area contributed by atoms with Gasteiger partial charge >= 0.3 is 0 Å². The highest BCUT2D eigenvalue weighted by Crippen LogP contribution is 2.93. The number of ether oxygens (including phenoxy) is 3. The molecule has 4 aliphatic heterocycles. The molecule has 9 aliphatic rings. The lowest BCUT2D eigenvalue weighted by molar-refractivity contribution is -0.226. The lowest BCUT2D eigenvalue weighted by Gasteiger charge is -2.52. The molecule has 0 unspecified atom stereocenters. The van der Waals surface area contributed by atoms with E-state index in [4.69, 9.17) is 14.2 Å². The average Bonchev–Trinajstić information content (AvgIpc) is 3.28. The van der Waals surface area contributed by atoms with Crippen molar-refractivity contribution >= 4 is 0 Å². The van der Waals surface area contributed by atoms with Crippen LogP contribution in [-0.4, -0.2) is 73.9 Å². The number of morpholine rings is 2. The van der Waals surface area contributed by atoms with Gasteiger partial charge in [0.25, 0.3) is 0 Å². The summed E-state index contributed by atoms with van der Waals surface area (Å²) in [5.74, 6) is 7.31. The molecular weight excluding hydrogens is 304 g/mol. The average molecular weight is 330 g/mol. The van der Waals surface area contributed by atoms with Crippen molar-refractivity contribution in [1.82, 2.24) is 9.80 Å². The smallest absolute Gasteiger partial charge is 0.131 e. The van der Waals surface area contributed by atoms with Gasteiger partial charge in [-0.25, -0.2) is 0 Å². The molecule has 5 saturated carbocycles. The van der Waals surface area contributed by atoms with Crippen LogP contribution in [0.2, 0.25) is 0 Å². The lowest BCUT2D eigenvalue weighted by Crippen LogP contribution is -2.63. The van der Waals surface area contributed by atoms with E-state index in [1.54, 1.807) is 0 Å². The van der Waals surface area contributed by atoms with Crippen molar-refractivity contribution in [2.75, 3.05) is 52.6 Å². The molecule has 0 amide bonds. The van der Waals surface area contributed by atoms with Gasteiger partial charge in [0.2, 0.25) is 0 Å². The van der Waals surface area contributed by atoms with Crippen LogP contribution in [0.15, 0.2) is 0 Å². The summed E-state index contributed by atoms with van der Waals surface area (Å²) in [5, 5.41) is 0. The fourth-order valence-electron chi connectivity index (χ4n) is 9.82. The van der Waals surface area contributed by atoms with E-state index < -0.39 is 0 Å². The van der Waals surface area contributed by atoms with Crippen LogP contribution in [-0.2, 0) is 14.2 Å². The zero-order chi connectivity index (χ0) is 15.3. The summed E-state index contributed by atoms with van der Waals surface area (Å²) in [5.41, 5.74) is 0.184. The van der Waals surface area contributed by atoms with Crippen LogP contribution in [0, 0.1) is 47.3 Å². The summed E-state index contributed by atoms with van der Waals surface area (Å²) in [7, 11) is 0. The Morgan fingerprint density at radius 1 is 0.625 bits per heavy atom. The Labute approximate surface area is 142 Å². The van der Waals surface area contributed by atoms with Gasteiger partial charge in [0.15, 0.2) is 0 Å². The van der Waals surface area contributed by atoms with Gasteiger partial charge in [0.1, 0.15) is 11.4 Å². The van der Waals surface area contributed by atoms with Crippen molar-refractivity contribution in [1.29, 1.82) is 0 Å². The van der Waals surface area contributed by atoms with Crippen molar-refractivity contribution in [3.05, 3.63) is 0 Å². The Morgan fingerprint density at radius 2 is 1.08 bits per heavy atom. The van der Waals surface area contributed by atoms with E-state index in [9.17, 15) is 0 Å². The Kier molecular flexibility index (Phi) is 2.03. The largest absolute Gasteiger partial charge is 0.379 e. The van der Waals surface area contributed by atoms with Crippen molar-refractivity contribution in [2.45, 2.75) is 17.9 Å². The topological polar surface area (TPSA) is 34.2 Å². The van der Waals surface area contributed by atoms with Crippen LogP contribution in [0.3, 0.4) is 0 Å². The molecule has 4 bridgehead atoms. The zero-order valence-electron chi connectivity index (χ0n) is 14.1. The van der Waals surface area contributed by atoms with E-state index in [1.165, 1.54) is 6.42 Å². The van der Waals surface area contributed by atoms with Gasteiger partial charge in [-0.1, -0.05) is 0 Å². The van der Waals surface area contributed by atoms with E-state index in [1.807, 2.05) is 0 Å². The Balaban J connectivity index is 1.31. The molecule has 0 aromatic carbocycles. The Hall–Kier alpha value is -0.200. The van der Waals surface area contributed by atoms with Gasteiger partial charge in [-0.15, -0.1) is 0 Å². The minimum Gasteiger partial charge on any atom is -0.379 e. The maximum atomic E-state index is 7.36. The first kappa shape index (κ1) is 13.0. The summed E-state index contributed by atoms with van der Waals surface area (Å²) in [6.07, 6.45) is 1.53. The molecule has 0 aromatic rings. The van der Waals surface area contributed by atoms with E-state index in [0.717, 1.165) is 99.9 Å². The maximum Gasteiger partial charge on any atom is 0.131 e. The second-order valence-corrected chi connectivity index (χ2v) is 9.63. The SMILES string of the molecule is C1CN([C@@]23O[C@@]4(N5CCOCC5)[C@@H]5[C@H]6[C@@H]7C[C@H]([C@H]6[C@H]52)[C@@H]3[C@H]74)CCO1. The fourth-order valence-corrected chi connectivity index (χ4v) is 9.82. The van der Waals surface area contributed by atoms with Crippen LogP contribution < -0.4 is 0 Å². The lowest BCUT2D eigenvalue weighted by atomic mass is 9.57. The van der Waals surface area contributed by atoms with Gasteiger partial charge in [0.05, 0.1) is 26.4 Å². The molecule has 9 fully saturated rings. The molecule has 9 rings (SSSR count). The quantitative estimate of drug-likeness (QED) is 0.735. The van der Waals surface area contributed by atoms with Crippen LogP contribution >= 0.6 is 0 Å². The maximum absolute atomic E-state index is 7.36. The van der Waals surface area contributed by atoms with Crippen LogP contribution in [0.25, 0.3) is 0 Å². The number of hydrogen-bond acceptors (Lipinski definition) is 5. The predicted octanol–water partition coefficient (Wildman–Crippen LogP) is 0.461. The predicted molar refractivity (Wildman–Crippen MR) is 83.9 cm³/mol. The molecule has 5 heteroatoms. The van der Waals surface area contributed by atoms with Gasteiger partial charge < -0.3 is 14.2 Å². The van der Waals surface area contributed by atoms with Crippen LogP contribution in [0.4, 0.5) is 0 Å². The number of nitrogens with zero attached hydrogens (tertiary/aromatic N) is 2. The van der Waals surface area contributed by atoms with Crippen molar-refractivity contribution in [3.63, 3.8) is 0 Å². The second kappa shape index (κ2) is 3.74. The molecule has 4 saturated heterocycles. The van der Waals surface area contributed by atoms with Gasteiger partial charge in [-0.3, -0.25) is 9.80 Å². The molecule has 130 valence electrons. The minimum absolute atomic E-state index is 0.0918. The van der Waals surface area contributed by atoms with E-state index in [0.29, 0.717) is 0 Å². The standard InChI is InChI=1S/C19H26N2O3/c1-5-22-6-2-20(1)18-14-10-9-11-13-12(10)16(18)17(13)19(24-18,15(11)14)21-3-7-23-8-4-21/h10-17H,1-9H2/t10-,11+,12-,13+,14-,15+,16-,17-,18+,19-/m1/s1. The van der Waals surface area contributed by atoms with E-state index >= 15 is 0 Å². The Bertz CT molecular complexity index is 576. The Morgan fingerprint density at radius 3 is 1.54 bits per heavy atom. The number of hydrogen-bond donors (Lipinski definition) is 0. The molecule has 0 aromatic heterocycles. The zero-order valence-corrected chi connectivity index (χ0v) is 14.1. The monoisotopic (exact) mass is 330 g/mol. The summed E-state index contributed by atoms with van der Waals surface area (Å²) in [6, 6.07) is 0. The highest BCUT2D eigenvalue weighted by molar-refractivity contribution is 5.42. The van der Waals surface area contributed by atoms with Gasteiger partial charge in [-0.05, 0) is 30.1 Å². The molecule has 0 radical (unpaired) electrons. The highest BCUT2D eigenvalue weighted by Gasteiger charge is 2.98. The third-order valence-corrected chi connectivity index (χ3v) is 9.75. The summed E-state index contributed by atoms with van der Waals surface area (Å²) < 4.78 is 18.7. The van der Waals surface area contributed by atoms with E-state index in [-0.39, 0.29) is 11.4 Å². The molecule has 5 nitrogen and oxygen atoms in total. The summed E-state index contributed by atoms with van der Waals surface area (Å²) in [6.45, 7) is 7.92. The number of rotatable bonds is 2. The van der Waals surface area contributed by atoms with E-state index in [2.05, 4.69) is 9.80 Å². The molecule has 4 heterocycles. The molecule has 0 N–H and O–H groups in total. The summed E-state index contributed by atoms with van der Waals surface area (Å²) >= 11 is 0.